The van der Waals surface area contributed by atoms with Gasteiger partial charge in [-0.05, 0) is 33.0 Å². The van der Waals surface area contributed by atoms with E-state index in [4.69, 9.17) is 11.6 Å². The molecule has 3 heteroatoms. The van der Waals surface area contributed by atoms with Crippen LogP contribution < -0.4 is 0 Å². The predicted octanol–water partition coefficient (Wildman–Crippen LogP) is 2.89. The molecule has 0 bridgehead atoms. The average Bonchev–Trinajstić information content (AvgIpc) is 2.11. The van der Waals surface area contributed by atoms with Gasteiger partial charge in [-0.2, -0.15) is 0 Å². The fraction of sp³-hybridized carbons (Fsp3) is 0.455. The molecular formula is C11H16ClNO. The molecule has 1 N–H and O–H groups in total. The lowest BCUT2D eigenvalue weighted by Gasteiger charge is -2.21. The zero-order chi connectivity index (χ0) is 10.7. The Morgan fingerprint density at radius 2 is 2.07 bits per heavy atom. The summed E-state index contributed by atoms with van der Waals surface area (Å²) in [7, 11) is 2.01. The van der Waals surface area contributed by atoms with E-state index in [0.717, 1.165) is 5.56 Å². The highest BCUT2D eigenvalue weighted by atomic mass is 35.5. The Bertz CT molecular complexity index is 292. The number of nitrogens with zero attached hydrogens (tertiary/aromatic N) is 1. The van der Waals surface area contributed by atoms with Crippen molar-refractivity contribution in [3.63, 3.8) is 0 Å². The van der Waals surface area contributed by atoms with Crippen molar-refractivity contribution in [2.75, 3.05) is 7.05 Å². The van der Waals surface area contributed by atoms with Crippen LogP contribution in [0.3, 0.4) is 0 Å². The SMILES string of the molecule is CC(C)N(C)Cc1c(O)cccc1Cl. The summed E-state index contributed by atoms with van der Waals surface area (Å²) in [5.41, 5.74) is 0.797. The number of hydrogen-bond donors (Lipinski definition) is 1. The third-order valence-electron chi connectivity index (χ3n) is 2.38. The Morgan fingerprint density at radius 1 is 1.43 bits per heavy atom. The second-order valence-corrected chi connectivity index (χ2v) is 4.15. The molecule has 14 heavy (non-hydrogen) atoms. The molecule has 0 aliphatic heterocycles. The summed E-state index contributed by atoms with van der Waals surface area (Å²) in [5, 5.41) is 10.2. The second-order valence-electron chi connectivity index (χ2n) is 3.75. The normalized spacial score (nSPS) is 11.3. The largest absolute Gasteiger partial charge is 0.508 e. The van der Waals surface area contributed by atoms with Gasteiger partial charge >= 0.3 is 0 Å². The van der Waals surface area contributed by atoms with Gasteiger partial charge in [-0.25, -0.2) is 0 Å². The van der Waals surface area contributed by atoms with E-state index in [0.29, 0.717) is 17.6 Å². The molecule has 0 amide bonds. The molecule has 0 aliphatic carbocycles. The van der Waals surface area contributed by atoms with Gasteiger partial charge in [0, 0.05) is 23.2 Å². The van der Waals surface area contributed by atoms with E-state index in [9.17, 15) is 5.11 Å². The smallest absolute Gasteiger partial charge is 0.121 e. The van der Waals surface area contributed by atoms with Crippen LogP contribution >= 0.6 is 11.6 Å². The van der Waals surface area contributed by atoms with Crippen LogP contribution in [0.2, 0.25) is 5.02 Å². The maximum absolute atomic E-state index is 9.61. The van der Waals surface area contributed by atoms with Crippen molar-refractivity contribution >= 4 is 11.6 Å². The minimum Gasteiger partial charge on any atom is -0.508 e. The van der Waals surface area contributed by atoms with Gasteiger partial charge < -0.3 is 5.11 Å². The number of aromatic hydroxyl groups is 1. The molecule has 0 unspecified atom stereocenters. The summed E-state index contributed by atoms with van der Waals surface area (Å²) in [4.78, 5) is 2.13. The number of rotatable bonds is 3. The predicted molar refractivity (Wildman–Crippen MR) is 59.7 cm³/mol. The minimum atomic E-state index is 0.269. The molecular weight excluding hydrogens is 198 g/mol. The topological polar surface area (TPSA) is 23.5 Å². The minimum absolute atomic E-state index is 0.269. The van der Waals surface area contributed by atoms with E-state index >= 15 is 0 Å². The lowest BCUT2D eigenvalue weighted by atomic mass is 10.1. The first-order chi connectivity index (χ1) is 6.52. The third kappa shape index (κ3) is 2.63. The highest BCUT2D eigenvalue weighted by Gasteiger charge is 2.10. The van der Waals surface area contributed by atoms with Gasteiger partial charge in [0.25, 0.3) is 0 Å². The summed E-state index contributed by atoms with van der Waals surface area (Å²) in [6.45, 7) is 4.88. The van der Waals surface area contributed by atoms with Crippen LogP contribution in [-0.2, 0) is 6.54 Å². The maximum atomic E-state index is 9.61. The van der Waals surface area contributed by atoms with Crippen LogP contribution in [0.4, 0.5) is 0 Å². The molecule has 0 aliphatic rings. The van der Waals surface area contributed by atoms with Crippen LogP contribution in [0.1, 0.15) is 19.4 Å². The molecule has 2 nitrogen and oxygen atoms in total. The fourth-order valence-corrected chi connectivity index (χ4v) is 1.37. The van der Waals surface area contributed by atoms with Gasteiger partial charge in [-0.1, -0.05) is 17.7 Å². The fourth-order valence-electron chi connectivity index (χ4n) is 1.14. The van der Waals surface area contributed by atoms with Crippen LogP contribution in [0.15, 0.2) is 18.2 Å². The molecule has 1 rings (SSSR count). The molecule has 78 valence electrons. The molecule has 1 aromatic rings. The quantitative estimate of drug-likeness (QED) is 0.835. The van der Waals surface area contributed by atoms with E-state index in [1.807, 2.05) is 7.05 Å². The van der Waals surface area contributed by atoms with Gasteiger partial charge in [0.15, 0.2) is 0 Å². The van der Waals surface area contributed by atoms with E-state index in [1.54, 1.807) is 18.2 Å². The number of hydrogen-bond acceptors (Lipinski definition) is 2. The number of halogens is 1. The van der Waals surface area contributed by atoms with E-state index in [2.05, 4.69) is 18.7 Å². The molecule has 0 heterocycles. The first-order valence-electron chi connectivity index (χ1n) is 4.69. The molecule has 0 saturated carbocycles. The summed E-state index contributed by atoms with van der Waals surface area (Å²) >= 11 is 5.99. The third-order valence-corrected chi connectivity index (χ3v) is 2.74. The van der Waals surface area contributed by atoms with Crippen LogP contribution in [0.5, 0.6) is 5.75 Å². The Hall–Kier alpha value is -0.730. The zero-order valence-corrected chi connectivity index (χ0v) is 9.54. The van der Waals surface area contributed by atoms with Gasteiger partial charge in [-0.15, -0.1) is 0 Å². The van der Waals surface area contributed by atoms with Gasteiger partial charge in [-0.3, -0.25) is 4.90 Å². The van der Waals surface area contributed by atoms with Crippen LogP contribution in [0, 0.1) is 0 Å². The highest BCUT2D eigenvalue weighted by Crippen LogP contribution is 2.26. The molecule has 0 radical (unpaired) electrons. The van der Waals surface area contributed by atoms with Gasteiger partial charge in [0.2, 0.25) is 0 Å². The Labute approximate surface area is 90.1 Å². The number of phenolic OH excluding ortho intramolecular Hbond substituents is 1. The van der Waals surface area contributed by atoms with E-state index < -0.39 is 0 Å². The van der Waals surface area contributed by atoms with Crippen molar-refractivity contribution in [1.82, 2.24) is 4.90 Å². The molecule has 0 saturated heterocycles. The van der Waals surface area contributed by atoms with Gasteiger partial charge in [0.05, 0.1) is 0 Å². The van der Waals surface area contributed by atoms with Crippen LogP contribution in [-0.4, -0.2) is 23.1 Å². The molecule has 0 fully saturated rings. The van der Waals surface area contributed by atoms with Crippen molar-refractivity contribution in [3.8, 4) is 5.75 Å². The van der Waals surface area contributed by atoms with Crippen molar-refractivity contribution in [2.45, 2.75) is 26.4 Å². The Kier molecular flexibility index (Phi) is 3.78. The van der Waals surface area contributed by atoms with Crippen molar-refractivity contribution < 1.29 is 5.11 Å². The zero-order valence-electron chi connectivity index (χ0n) is 8.79. The van der Waals surface area contributed by atoms with Crippen molar-refractivity contribution in [1.29, 1.82) is 0 Å². The number of phenols is 1. The first kappa shape index (κ1) is 11.3. The maximum Gasteiger partial charge on any atom is 0.121 e. The van der Waals surface area contributed by atoms with Crippen LogP contribution in [0.25, 0.3) is 0 Å². The van der Waals surface area contributed by atoms with Crippen molar-refractivity contribution in [2.24, 2.45) is 0 Å². The lowest BCUT2D eigenvalue weighted by Crippen LogP contribution is -2.25. The van der Waals surface area contributed by atoms with Gasteiger partial charge in [0.1, 0.15) is 5.75 Å². The summed E-state index contributed by atoms with van der Waals surface area (Å²) in [5.74, 6) is 0.269. The molecule has 0 atom stereocenters. The second kappa shape index (κ2) is 4.67. The summed E-state index contributed by atoms with van der Waals surface area (Å²) in [6, 6.07) is 5.64. The standard InChI is InChI=1S/C11H16ClNO/c1-8(2)13(3)7-9-10(12)5-4-6-11(9)14/h4-6,8,14H,7H2,1-3H3. The lowest BCUT2D eigenvalue weighted by molar-refractivity contribution is 0.262. The van der Waals surface area contributed by atoms with Crippen molar-refractivity contribution in [3.05, 3.63) is 28.8 Å². The first-order valence-corrected chi connectivity index (χ1v) is 5.06. The Morgan fingerprint density at radius 3 is 2.57 bits per heavy atom. The average molecular weight is 214 g/mol. The summed E-state index contributed by atoms with van der Waals surface area (Å²) < 4.78 is 0. The molecule has 0 aromatic heterocycles. The highest BCUT2D eigenvalue weighted by molar-refractivity contribution is 6.31. The molecule has 1 aromatic carbocycles. The van der Waals surface area contributed by atoms with E-state index in [1.165, 1.54) is 0 Å². The summed E-state index contributed by atoms with van der Waals surface area (Å²) in [6.07, 6.45) is 0. The number of benzene rings is 1. The molecule has 0 spiro atoms. The van der Waals surface area contributed by atoms with E-state index in [-0.39, 0.29) is 5.75 Å². The monoisotopic (exact) mass is 213 g/mol. The Balaban J connectivity index is 2.85.